The van der Waals surface area contributed by atoms with Crippen LogP contribution in [0, 0.1) is 13.8 Å². The van der Waals surface area contributed by atoms with Gasteiger partial charge in [-0.05, 0) is 49.7 Å². The molecular formula is C26H25N7O3S. The van der Waals surface area contributed by atoms with Gasteiger partial charge in [-0.1, -0.05) is 23.8 Å². The van der Waals surface area contributed by atoms with Crippen molar-refractivity contribution >= 4 is 27.4 Å². The molecule has 0 bridgehead atoms. The standard InChI is InChI=1S/C26H25N7O3S/c1-17-6-8-19(9-7-17)33-24(29-26(34)22-16-28-32-13-5-12-27-25(22)32)15-23(30-33)21-11-10-20(14-18(21)2)37(35,36)31(3)4/h5-16H,1-4H3,(H,29,34). The molecule has 5 rings (SSSR count). The van der Waals surface area contributed by atoms with E-state index in [0.717, 1.165) is 22.4 Å². The second-order valence-corrected chi connectivity index (χ2v) is 11.0. The number of anilines is 1. The summed E-state index contributed by atoms with van der Waals surface area (Å²) in [6.07, 6.45) is 4.79. The second-order valence-electron chi connectivity index (χ2n) is 8.83. The molecule has 5 aromatic rings. The van der Waals surface area contributed by atoms with Gasteiger partial charge in [0, 0.05) is 38.1 Å². The van der Waals surface area contributed by atoms with Gasteiger partial charge >= 0.3 is 0 Å². The van der Waals surface area contributed by atoms with Crippen molar-refractivity contribution in [1.29, 1.82) is 0 Å². The molecule has 37 heavy (non-hydrogen) atoms. The second kappa shape index (κ2) is 9.26. The number of amides is 1. The zero-order chi connectivity index (χ0) is 26.3. The molecule has 0 unspecified atom stereocenters. The first-order valence-corrected chi connectivity index (χ1v) is 12.9. The highest BCUT2D eigenvalue weighted by molar-refractivity contribution is 7.89. The van der Waals surface area contributed by atoms with E-state index in [0.29, 0.717) is 22.7 Å². The first kappa shape index (κ1) is 24.3. The number of benzene rings is 2. The van der Waals surface area contributed by atoms with Crippen molar-refractivity contribution in [2.45, 2.75) is 18.7 Å². The lowest BCUT2D eigenvalue weighted by molar-refractivity contribution is 0.102. The number of nitrogens with one attached hydrogen (secondary N) is 1. The summed E-state index contributed by atoms with van der Waals surface area (Å²) < 4.78 is 29.5. The summed E-state index contributed by atoms with van der Waals surface area (Å²) in [7, 11) is -0.578. The number of rotatable bonds is 6. The molecule has 11 heteroatoms. The van der Waals surface area contributed by atoms with Gasteiger partial charge in [-0.15, -0.1) is 0 Å². The predicted molar refractivity (Wildman–Crippen MR) is 140 cm³/mol. The molecule has 0 radical (unpaired) electrons. The number of carbonyl (C=O) groups is 1. The van der Waals surface area contributed by atoms with Gasteiger partial charge in [0.25, 0.3) is 5.91 Å². The van der Waals surface area contributed by atoms with Crippen LogP contribution in [0.3, 0.4) is 0 Å². The maximum atomic E-state index is 13.2. The molecular weight excluding hydrogens is 490 g/mol. The van der Waals surface area contributed by atoms with E-state index in [2.05, 4.69) is 15.4 Å². The van der Waals surface area contributed by atoms with E-state index >= 15 is 0 Å². The predicted octanol–water partition coefficient (Wildman–Crippen LogP) is 3.70. The number of aromatic nitrogens is 5. The number of carbonyl (C=O) groups excluding carboxylic acids is 1. The third-order valence-electron chi connectivity index (χ3n) is 6.01. The molecule has 0 atom stereocenters. The highest BCUT2D eigenvalue weighted by Crippen LogP contribution is 2.30. The lowest BCUT2D eigenvalue weighted by atomic mass is 10.1. The Morgan fingerprint density at radius 3 is 2.49 bits per heavy atom. The molecule has 0 aliphatic rings. The van der Waals surface area contributed by atoms with Crippen LogP contribution in [-0.2, 0) is 10.0 Å². The molecule has 0 spiro atoms. The third-order valence-corrected chi connectivity index (χ3v) is 7.82. The quantitative estimate of drug-likeness (QED) is 0.369. The monoisotopic (exact) mass is 515 g/mol. The number of sulfonamides is 1. The summed E-state index contributed by atoms with van der Waals surface area (Å²) in [5.41, 5.74) is 4.68. The van der Waals surface area contributed by atoms with Gasteiger partial charge in [-0.3, -0.25) is 4.79 Å². The van der Waals surface area contributed by atoms with Gasteiger partial charge in [0.2, 0.25) is 10.0 Å². The zero-order valence-electron chi connectivity index (χ0n) is 20.7. The van der Waals surface area contributed by atoms with Gasteiger partial charge in [0.15, 0.2) is 5.65 Å². The van der Waals surface area contributed by atoms with Crippen LogP contribution < -0.4 is 5.32 Å². The maximum Gasteiger partial charge on any atom is 0.262 e. The largest absolute Gasteiger partial charge is 0.306 e. The van der Waals surface area contributed by atoms with E-state index in [4.69, 9.17) is 5.10 Å². The lowest BCUT2D eigenvalue weighted by Gasteiger charge is -2.13. The van der Waals surface area contributed by atoms with E-state index in [-0.39, 0.29) is 10.8 Å². The number of nitrogens with zero attached hydrogens (tertiary/aromatic N) is 6. The fraction of sp³-hybridized carbons (Fsp3) is 0.154. The fourth-order valence-electron chi connectivity index (χ4n) is 3.95. The molecule has 188 valence electrons. The Kier molecular flexibility index (Phi) is 6.10. The molecule has 3 aromatic heterocycles. The van der Waals surface area contributed by atoms with Crippen molar-refractivity contribution < 1.29 is 13.2 Å². The van der Waals surface area contributed by atoms with Crippen molar-refractivity contribution in [2.24, 2.45) is 0 Å². The van der Waals surface area contributed by atoms with Crippen LogP contribution in [0.4, 0.5) is 5.82 Å². The van der Waals surface area contributed by atoms with Crippen LogP contribution >= 0.6 is 0 Å². The molecule has 2 aromatic carbocycles. The smallest absolute Gasteiger partial charge is 0.262 e. The average Bonchev–Trinajstić information content (AvgIpc) is 3.49. The first-order chi connectivity index (χ1) is 17.6. The van der Waals surface area contributed by atoms with Gasteiger partial charge in [0.1, 0.15) is 11.4 Å². The van der Waals surface area contributed by atoms with Crippen LogP contribution in [0.15, 0.2) is 78.1 Å². The Labute approximate surface area is 214 Å². The van der Waals surface area contributed by atoms with E-state index in [1.807, 2.05) is 38.1 Å². The number of hydrogen-bond acceptors (Lipinski definition) is 6. The van der Waals surface area contributed by atoms with Gasteiger partial charge in [-0.2, -0.15) is 10.2 Å². The van der Waals surface area contributed by atoms with Crippen molar-refractivity contribution in [3.05, 3.63) is 89.9 Å². The number of fused-ring (bicyclic) bond motifs is 1. The Hall–Kier alpha value is -4.35. The van der Waals surface area contributed by atoms with Gasteiger partial charge in [-0.25, -0.2) is 26.9 Å². The lowest BCUT2D eigenvalue weighted by Crippen LogP contribution is -2.22. The number of aryl methyl sites for hydroxylation is 2. The van der Waals surface area contributed by atoms with Crippen LogP contribution in [0.2, 0.25) is 0 Å². The van der Waals surface area contributed by atoms with Gasteiger partial charge < -0.3 is 5.32 Å². The third kappa shape index (κ3) is 4.50. The van der Waals surface area contributed by atoms with Crippen LogP contribution in [-0.4, -0.2) is 57.1 Å². The Balaban J connectivity index is 1.57. The molecule has 0 fully saturated rings. The topological polar surface area (TPSA) is 114 Å². The van der Waals surface area contributed by atoms with E-state index in [1.54, 1.807) is 47.4 Å². The molecule has 1 amide bonds. The Morgan fingerprint density at radius 2 is 1.78 bits per heavy atom. The van der Waals surface area contributed by atoms with E-state index in [1.165, 1.54) is 29.1 Å². The molecule has 1 N–H and O–H groups in total. The Bertz CT molecular complexity index is 1740. The highest BCUT2D eigenvalue weighted by Gasteiger charge is 2.21. The van der Waals surface area contributed by atoms with Crippen molar-refractivity contribution in [3.8, 4) is 16.9 Å². The van der Waals surface area contributed by atoms with Crippen molar-refractivity contribution in [3.63, 3.8) is 0 Å². The number of hydrogen-bond donors (Lipinski definition) is 1. The zero-order valence-corrected chi connectivity index (χ0v) is 21.6. The highest BCUT2D eigenvalue weighted by atomic mass is 32.2. The maximum absolute atomic E-state index is 13.2. The normalized spacial score (nSPS) is 11.8. The molecule has 0 aliphatic carbocycles. The molecule has 3 heterocycles. The van der Waals surface area contributed by atoms with Crippen LogP contribution in [0.5, 0.6) is 0 Å². The van der Waals surface area contributed by atoms with Crippen LogP contribution in [0.25, 0.3) is 22.6 Å². The summed E-state index contributed by atoms with van der Waals surface area (Å²) in [5, 5.41) is 11.9. The minimum Gasteiger partial charge on any atom is -0.306 e. The van der Waals surface area contributed by atoms with Crippen LogP contribution in [0.1, 0.15) is 21.5 Å². The van der Waals surface area contributed by atoms with E-state index in [9.17, 15) is 13.2 Å². The van der Waals surface area contributed by atoms with Gasteiger partial charge in [0.05, 0.1) is 22.5 Å². The molecule has 10 nitrogen and oxygen atoms in total. The first-order valence-electron chi connectivity index (χ1n) is 11.5. The SMILES string of the molecule is Cc1ccc(-n2nc(-c3ccc(S(=O)(=O)N(C)C)cc3C)cc2NC(=O)c2cnn3cccnc23)cc1. The molecule has 0 saturated carbocycles. The Morgan fingerprint density at radius 1 is 1.03 bits per heavy atom. The summed E-state index contributed by atoms with van der Waals surface area (Å²) in [6, 6.07) is 16.2. The average molecular weight is 516 g/mol. The van der Waals surface area contributed by atoms with Crippen molar-refractivity contribution in [1.82, 2.24) is 28.7 Å². The summed E-state index contributed by atoms with van der Waals surface area (Å²) in [4.78, 5) is 17.7. The molecule has 0 saturated heterocycles. The summed E-state index contributed by atoms with van der Waals surface area (Å²) in [5.74, 6) is 0.0705. The minimum atomic E-state index is -3.57. The molecule has 0 aliphatic heterocycles. The summed E-state index contributed by atoms with van der Waals surface area (Å²) >= 11 is 0. The summed E-state index contributed by atoms with van der Waals surface area (Å²) in [6.45, 7) is 3.82. The minimum absolute atomic E-state index is 0.200. The van der Waals surface area contributed by atoms with Crippen molar-refractivity contribution in [2.75, 3.05) is 19.4 Å². The fourth-order valence-corrected chi connectivity index (χ4v) is 4.94. The van der Waals surface area contributed by atoms with E-state index < -0.39 is 10.0 Å².